The first-order chi connectivity index (χ1) is 6.53. The Bertz CT molecular complexity index is 281. The molecule has 0 aliphatic rings. The summed E-state index contributed by atoms with van der Waals surface area (Å²) in [5, 5.41) is 10.3. The zero-order valence-electron chi connectivity index (χ0n) is 7.33. The highest BCUT2D eigenvalue weighted by Gasteiger charge is 2.27. The molecule has 0 aliphatic carbocycles. The van der Waals surface area contributed by atoms with Crippen molar-refractivity contribution < 1.29 is 13.2 Å². The molecule has 8 heteroatoms. The van der Waals surface area contributed by atoms with Crippen LogP contribution in [0.2, 0.25) is 0 Å². The van der Waals surface area contributed by atoms with Crippen molar-refractivity contribution >= 4 is 0 Å². The highest BCUT2D eigenvalue weighted by Crippen LogP contribution is 2.21. The van der Waals surface area contributed by atoms with E-state index >= 15 is 0 Å². The Kier molecular flexibility index (Phi) is 3.39. The molecule has 1 aromatic heterocycles. The number of rotatable bonds is 4. The van der Waals surface area contributed by atoms with E-state index in [1.807, 2.05) is 0 Å². The molecule has 0 aliphatic heterocycles. The van der Waals surface area contributed by atoms with Gasteiger partial charge in [0.1, 0.15) is 0 Å². The van der Waals surface area contributed by atoms with Crippen LogP contribution in [0.5, 0.6) is 0 Å². The van der Waals surface area contributed by atoms with Gasteiger partial charge in [0.15, 0.2) is 5.82 Å². The summed E-state index contributed by atoms with van der Waals surface area (Å²) in [5.41, 5.74) is 5.23. The number of alkyl halides is 3. The number of halogens is 3. The van der Waals surface area contributed by atoms with Crippen LogP contribution in [0, 0.1) is 0 Å². The van der Waals surface area contributed by atoms with Gasteiger partial charge in [-0.3, -0.25) is 0 Å². The van der Waals surface area contributed by atoms with Crippen molar-refractivity contribution in [1.82, 2.24) is 20.2 Å². The zero-order chi connectivity index (χ0) is 10.6. The van der Waals surface area contributed by atoms with E-state index in [1.54, 1.807) is 0 Å². The monoisotopic (exact) mass is 209 g/mol. The second-order valence-electron chi connectivity index (χ2n) is 2.72. The summed E-state index contributed by atoms with van der Waals surface area (Å²) in [7, 11) is 0. The predicted molar refractivity (Wildman–Crippen MR) is 41.2 cm³/mol. The Balaban J connectivity index is 2.53. The van der Waals surface area contributed by atoms with Crippen LogP contribution in [-0.4, -0.2) is 32.9 Å². The van der Waals surface area contributed by atoms with E-state index in [1.165, 1.54) is 4.68 Å². The molecule has 0 bridgehead atoms. The van der Waals surface area contributed by atoms with Gasteiger partial charge >= 0.3 is 6.18 Å². The zero-order valence-corrected chi connectivity index (χ0v) is 7.33. The fraction of sp³-hybridized carbons (Fsp3) is 0.833. The number of hydrogen-bond donors (Lipinski definition) is 1. The molecule has 0 saturated carbocycles. The van der Waals surface area contributed by atoms with Gasteiger partial charge in [-0.15, -0.1) is 5.10 Å². The van der Waals surface area contributed by atoms with Crippen LogP contribution < -0.4 is 5.73 Å². The summed E-state index contributed by atoms with van der Waals surface area (Å²) in [6.07, 6.45) is -5.31. The lowest BCUT2D eigenvalue weighted by molar-refractivity contribution is -0.134. The number of hydrogen-bond acceptors (Lipinski definition) is 4. The fourth-order valence-corrected chi connectivity index (χ4v) is 0.952. The van der Waals surface area contributed by atoms with Crippen LogP contribution in [0.4, 0.5) is 13.2 Å². The molecule has 80 valence electrons. The second kappa shape index (κ2) is 4.36. The maximum Gasteiger partial charge on any atom is 0.389 e. The van der Waals surface area contributed by atoms with Crippen molar-refractivity contribution in [2.45, 2.75) is 25.6 Å². The Hall–Kier alpha value is -1.18. The molecule has 0 radical (unpaired) electrons. The van der Waals surface area contributed by atoms with E-state index in [9.17, 15) is 13.2 Å². The lowest BCUT2D eigenvalue weighted by Gasteiger charge is -2.05. The largest absolute Gasteiger partial charge is 0.389 e. The molecule has 14 heavy (non-hydrogen) atoms. The van der Waals surface area contributed by atoms with Crippen molar-refractivity contribution in [3.8, 4) is 0 Å². The molecule has 0 saturated heterocycles. The van der Waals surface area contributed by atoms with E-state index in [-0.39, 0.29) is 12.2 Å². The molecular weight excluding hydrogens is 199 g/mol. The number of nitrogens with zero attached hydrogens (tertiary/aromatic N) is 4. The quantitative estimate of drug-likeness (QED) is 0.765. The Morgan fingerprint density at radius 2 is 2.07 bits per heavy atom. The molecule has 0 unspecified atom stereocenters. The molecule has 5 nitrogen and oxygen atoms in total. The summed E-state index contributed by atoms with van der Waals surface area (Å²) in [4.78, 5) is 0. The molecule has 2 N–H and O–H groups in total. The van der Waals surface area contributed by atoms with E-state index in [2.05, 4.69) is 15.5 Å². The van der Waals surface area contributed by atoms with E-state index in [0.717, 1.165) is 0 Å². The van der Waals surface area contributed by atoms with Crippen LogP contribution in [0.1, 0.15) is 12.2 Å². The fourth-order valence-electron chi connectivity index (χ4n) is 0.952. The molecule has 0 atom stereocenters. The first-order valence-electron chi connectivity index (χ1n) is 4.05. The van der Waals surface area contributed by atoms with Crippen LogP contribution in [-0.2, 0) is 13.0 Å². The average Bonchev–Trinajstić information content (AvgIpc) is 2.48. The topological polar surface area (TPSA) is 69.6 Å². The number of nitrogens with two attached hydrogens (primary N) is 1. The number of aromatic nitrogens is 4. The predicted octanol–water partition coefficient (Wildman–Crippen LogP) is 0.127. The smallest absolute Gasteiger partial charge is 0.329 e. The SMILES string of the molecule is NCCn1nnnc1CCC(F)(F)F. The van der Waals surface area contributed by atoms with Gasteiger partial charge in [0, 0.05) is 13.0 Å². The Morgan fingerprint density at radius 1 is 1.36 bits per heavy atom. The van der Waals surface area contributed by atoms with Crippen LogP contribution >= 0.6 is 0 Å². The summed E-state index contributed by atoms with van der Waals surface area (Å²) in [6.45, 7) is 0.629. The van der Waals surface area contributed by atoms with Gasteiger partial charge in [-0.1, -0.05) is 0 Å². The molecule has 0 fully saturated rings. The van der Waals surface area contributed by atoms with Crippen molar-refractivity contribution in [3.05, 3.63) is 5.82 Å². The maximum atomic E-state index is 11.9. The van der Waals surface area contributed by atoms with Crippen molar-refractivity contribution in [2.75, 3.05) is 6.54 Å². The van der Waals surface area contributed by atoms with E-state index in [4.69, 9.17) is 5.73 Å². The van der Waals surface area contributed by atoms with E-state index < -0.39 is 12.6 Å². The Morgan fingerprint density at radius 3 is 2.64 bits per heavy atom. The van der Waals surface area contributed by atoms with E-state index in [0.29, 0.717) is 13.1 Å². The average molecular weight is 209 g/mol. The van der Waals surface area contributed by atoms with Gasteiger partial charge in [-0.25, -0.2) is 4.68 Å². The summed E-state index contributed by atoms with van der Waals surface area (Å²) in [6, 6.07) is 0. The Labute approximate surface area is 78.1 Å². The number of tetrazole rings is 1. The lowest BCUT2D eigenvalue weighted by Crippen LogP contribution is -2.16. The third-order valence-electron chi connectivity index (χ3n) is 1.58. The molecule has 0 aromatic carbocycles. The maximum absolute atomic E-state index is 11.9. The molecule has 1 aromatic rings. The highest BCUT2D eigenvalue weighted by atomic mass is 19.4. The van der Waals surface area contributed by atoms with Crippen molar-refractivity contribution in [3.63, 3.8) is 0 Å². The van der Waals surface area contributed by atoms with Crippen molar-refractivity contribution in [1.29, 1.82) is 0 Å². The molecule has 0 amide bonds. The third-order valence-corrected chi connectivity index (χ3v) is 1.58. The van der Waals surface area contributed by atoms with Gasteiger partial charge in [0.2, 0.25) is 0 Å². The minimum absolute atomic E-state index is 0.212. The summed E-state index contributed by atoms with van der Waals surface area (Å²) >= 11 is 0. The molecule has 1 heterocycles. The molecule has 0 spiro atoms. The van der Waals surface area contributed by atoms with Gasteiger partial charge in [0.25, 0.3) is 0 Å². The molecular formula is C6H10F3N5. The summed E-state index contributed by atoms with van der Waals surface area (Å²) < 4.78 is 36.9. The minimum Gasteiger partial charge on any atom is -0.329 e. The highest BCUT2D eigenvalue weighted by molar-refractivity contribution is 4.82. The third kappa shape index (κ3) is 3.29. The van der Waals surface area contributed by atoms with Gasteiger partial charge < -0.3 is 5.73 Å². The normalized spacial score (nSPS) is 12.0. The first kappa shape index (κ1) is 10.9. The number of aryl methyl sites for hydroxylation is 1. The van der Waals surface area contributed by atoms with Crippen LogP contribution in [0.15, 0.2) is 0 Å². The summed E-state index contributed by atoms with van der Waals surface area (Å²) in [5.74, 6) is 0.216. The second-order valence-corrected chi connectivity index (χ2v) is 2.72. The van der Waals surface area contributed by atoms with Gasteiger partial charge in [-0.05, 0) is 10.4 Å². The minimum atomic E-state index is -4.18. The van der Waals surface area contributed by atoms with Gasteiger partial charge in [0.05, 0.1) is 13.0 Å². The molecule has 1 rings (SSSR count). The first-order valence-corrected chi connectivity index (χ1v) is 4.05. The van der Waals surface area contributed by atoms with Crippen LogP contribution in [0.3, 0.4) is 0 Å². The van der Waals surface area contributed by atoms with Crippen molar-refractivity contribution in [2.24, 2.45) is 5.73 Å². The standard InChI is InChI=1S/C6H10F3N5/c7-6(8,9)2-1-5-11-12-13-14(5)4-3-10/h1-4,10H2. The van der Waals surface area contributed by atoms with Gasteiger partial charge in [-0.2, -0.15) is 13.2 Å². The van der Waals surface area contributed by atoms with Crippen LogP contribution in [0.25, 0.3) is 0 Å². The lowest BCUT2D eigenvalue weighted by atomic mass is 10.3.